The first-order valence-corrected chi connectivity index (χ1v) is 20.6. The van der Waals surface area contributed by atoms with Crippen LogP contribution in [-0.2, 0) is 0 Å². The number of fused-ring (bicyclic) bond motifs is 4. The molecule has 0 amide bonds. The molecule has 0 fully saturated rings. The average molecular weight is 765 g/mol. The van der Waals surface area contributed by atoms with E-state index in [9.17, 15) is 0 Å². The van der Waals surface area contributed by atoms with Crippen molar-refractivity contribution in [3.63, 3.8) is 0 Å². The lowest BCUT2D eigenvalue weighted by Gasteiger charge is -2.26. The Kier molecular flexibility index (Phi) is 8.87. The van der Waals surface area contributed by atoms with Gasteiger partial charge in [0.05, 0.1) is 11.0 Å². The van der Waals surface area contributed by atoms with Crippen molar-refractivity contribution in [3.8, 4) is 50.2 Å². The second-order valence-electron chi connectivity index (χ2n) is 15.4. The molecule has 2 nitrogen and oxygen atoms in total. The standard InChI is InChI=1S/C58H40N2/c1-3-12-41(13-4-1)44-22-30-51(31-23-44)59(54-36-28-43-16-7-8-17-49(43)39-54)52-32-26-46(27-33-52)47-18-11-19-48(38-47)50-29-37-58-56(40-50)55-20-9-10-21-57(55)60(58)53-34-24-45(25-35-53)42-14-5-2-6-15-42/h1-40H. The minimum Gasteiger partial charge on any atom is -0.310 e. The summed E-state index contributed by atoms with van der Waals surface area (Å²) in [5.74, 6) is 0. The SMILES string of the molecule is c1ccc(-c2ccc(N(c3ccc(-c4cccc(-c5ccc6c(c5)c5ccccc5n6-c5ccc(-c6ccccc6)cc5)c4)cc3)c3ccc4ccccc4c3)cc2)cc1. The highest BCUT2D eigenvalue weighted by atomic mass is 15.1. The Morgan fingerprint density at radius 1 is 0.250 bits per heavy atom. The Morgan fingerprint density at radius 3 is 1.37 bits per heavy atom. The van der Waals surface area contributed by atoms with Crippen LogP contribution in [0.15, 0.2) is 243 Å². The molecular formula is C58H40N2. The zero-order valence-corrected chi connectivity index (χ0v) is 33.0. The summed E-state index contributed by atoms with van der Waals surface area (Å²) in [6, 6.07) is 87.8. The zero-order chi connectivity index (χ0) is 39.8. The Hall–Kier alpha value is -7.94. The smallest absolute Gasteiger partial charge is 0.0541 e. The third kappa shape index (κ3) is 6.51. The maximum atomic E-state index is 2.39. The van der Waals surface area contributed by atoms with Crippen LogP contribution < -0.4 is 4.90 Å². The highest BCUT2D eigenvalue weighted by Crippen LogP contribution is 2.40. The van der Waals surface area contributed by atoms with Crippen molar-refractivity contribution >= 4 is 49.6 Å². The van der Waals surface area contributed by atoms with E-state index in [-0.39, 0.29) is 0 Å². The first-order chi connectivity index (χ1) is 29.7. The van der Waals surface area contributed by atoms with Crippen molar-refractivity contribution in [2.45, 2.75) is 0 Å². The molecule has 10 aromatic carbocycles. The number of hydrogen-bond donors (Lipinski definition) is 0. The van der Waals surface area contributed by atoms with Crippen LogP contribution in [0.3, 0.4) is 0 Å². The van der Waals surface area contributed by atoms with Crippen molar-refractivity contribution < 1.29 is 0 Å². The molecule has 0 atom stereocenters. The maximum absolute atomic E-state index is 2.39. The minimum atomic E-state index is 1.11. The third-order valence-corrected chi connectivity index (χ3v) is 11.8. The lowest BCUT2D eigenvalue weighted by Crippen LogP contribution is -2.09. The molecule has 11 rings (SSSR count). The molecule has 60 heavy (non-hydrogen) atoms. The van der Waals surface area contributed by atoms with E-state index >= 15 is 0 Å². The summed E-state index contributed by atoms with van der Waals surface area (Å²) in [5, 5.41) is 4.94. The number of benzene rings is 10. The van der Waals surface area contributed by atoms with Gasteiger partial charge >= 0.3 is 0 Å². The summed E-state index contributed by atoms with van der Waals surface area (Å²) in [4.78, 5) is 2.35. The molecule has 1 heterocycles. The van der Waals surface area contributed by atoms with Crippen LogP contribution in [0.2, 0.25) is 0 Å². The molecule has 282 valence electrons. The molecule has 0 unspecified atom stereocenters. The van der Waals surface area contributed by atoms with Crippen molar-refractivity contribution in [1.29, 1.82) is 0 Å². The van der Waals surface area contributed by atoms with Crippen LogP contribution in [0, 0.1) is 0 Å². The quantitative estimate of drug-likeness (QED) is 0.150. The predicted molar refractivity (Wildman–Crippen MR) is 255 cm³/mol. The second kappa shape index (κ2) is 15.1. The molecule has 0 bridgehead atoms. The number of nitrogens with zero attached hydrogens (tertiary/aromatic N) is 2. The topological polar surface area (TPSA) is 8.17 Å². The van der Waals surface area contributed by atoms with Gasteiger partial charge in [-0.15, -0.1) is 0 Å². The van der Waals surface area contributed by atoms with Gasteiger partial charge in [-0.2, -0.15) is 0 Å². The summed E-state index contributed by atoms with van der Waals surface area (Å²) in [7, 11) is 0. The van der Waals surface area contributed by atoms with Gasteiger partial charge in [-0.25, -0.2) is 0 Å². The molecule has 0 spiro atoms. The van der Waals surface area contributed by atoms with Gasteiger partial charge in [0.2, 0.25) is 0 Å². The first-order valence-electron chi connectivity index (χ1n) is 20.6. The van der Waals surface area contributed by atoms with Gasteiger partial charge in [-0.05, 0) is 128 Å². The van der Waals surface area contributed by atoms with E-state index in [2.05, 4.69) is 252 Å². The Bertz CT molecular complexity index is 3270. The highest BCUT2D eigenvalue weighted by molar-refractivity contribution is 6.10. The van der Waals surface area contributed by atoms with Crippen molar-refractivity contribution in [1.82, 2.24) is 4.57 Å². The number of para-hydroxylation sites is 1. The zero-order valence-electron chi connectivity index (χ0n) is 33.0. The summed E-state index contributed by atoms with van der Waals surface area (Å²) in [5.41, 5.74) is 16.5. The first kappa shape index (κ1) is 35.2. The third-order valence-electron chi connectivity index (χ3n) is 11.8. The summed E-state index contributed by atoms with van der Waals surface area (Å²) in [6.45, 7) is 0. The fourth-order valence-corrected chi connectivity index (χ4v) is 8.74. The van der Waals surface area contributed by atoms with E-state index in [1.54, 1.807) is 0 Å². The van der Waals surface area contributed by atoms with Gasteiger partial charge < -0.3 is 9.47 Å². The van der Waals surface area contributed by atoms with Crippen LogP contribution >= 0.6 is 0 Å². The van der Waals surface area contributed by atoms with Crippen LogP contribution in [0.4, 0.5) is 17.1 Å². The molecule has 0 saturated carbocycles. The number of aromatic nitrogens is 1. The van der Waals surface area contributed by atoms with Crippen LogP contribution in [-0.4, -0.2) is 4.57 Å². The van der Waals surface area contributed by atoms with Gasteiger partial charge in [0.1, 0.15) is 0 Å². The maximum Gasteiger partial charge on any atom is 0.0541 e. The van der Waals surface area contributed by atoms with E-state index in [0.717, 1.165) is 22.7 Å². The normalized spacial score (nSPS) is 11.3. The fourth-order valence-electron chi connectivity index (χ4n) is 8.74. The summed E-state index contributed by atoms with van der Waals surface area (Å²) >= 11 is 0. The van der Waals surface area contributed by atoms with E-state index in [1.807, 2.05) is 0 Å². The van der Waals surface area contributed by atoms with E-state index < -0.39 is 0 Å². The second-order valence-corrected chi connectivity index (χ2v) is 15.4. The molecule has 0 aliphatic rings. The molecule has 0 aliphatic heterocycles. The van der Waals surface area contributed by atoms with Crippen molar-refractivity contribution in [3.05, 3.63) is 243 Å². The Labute approximate surface area is 350 Å². The Morgan fingerprint density at radius 2 is 0.700 bits per heavy atom. The van der Waals surface area contributed by atoms with Crippen LogP contribution in [0.25, 0.3) is 82.8 Å². The molecular weight excluding hydrogens is 725 g/mol. The summed E-state index contributed by atoms with van der Waals surface area (Å²) in [6.07, 6.45) is 0. The number of anilines is 3. The summed E-state index contributed by atoms with van der Waals surface area (Å²) < 4.78 is 2.39. The molecule has 1 aromatic heterocycles. The van der Waals surface area contributed by atoms with Crippen LogP contribution in [0.1, 0.15) is 0 Å². The minimum absolute atomic E-state index is 1.11. The van der Waals surface area contributed by atoms with Crippen LogP contribution in [0.5, 0.6) is 0 Å². The van der Waals surface area contributed by atoms with Gasteiger partial charge in [0.15, 0.2) is 0 Å². The lowest BCUT2D eigenvalue weighted by atomic mass is 9.97. The van der Waals surface area contributed by atoms with Gasteiger partial charge in [-0.3, -0.25) is 0 Å². The predicted octanol–water partition coefficient (Wildman–Crippen LogP) is 16.1. The van der Waals surface area contributed by atoms with Crippen molar-refractivity contribution in [2.75, 3.05) is 4.90 Å². The van der Waals surface area contributed by atoms with Gasteiger partial charge in [0.25, 0.3) is 0 Å². The molecule has 0 radical (unpaired) electrons. The van der Waals surface area contributed by atoms with Crippen molar-refractivity contribution in [2.24, 2.45) is 0 Å². The molecule has 0 N–H and O–H groups in total. The van der Waals surface area contributed by atoms with Gasteiger partial charge in [-0.1, -0.05) is 170 Å². The van der Waals surface area contributed by atoms with E-state index in [1.165, 1.54) is 77.1 Å². The molecule has 11 aromatic rings. The molecule has 2 heteroatoms. The fraction of sp³-hybridized carbons (Fsp3) is 0. The largest absolute Gasteiger partial charge is 0.310 e. The number of rotatable bonds is 8. The molecule has 0 aliphatic carbocycles. The van der Waals surface area contributed by atoms with E-state index in [0.29, 0.717) is 0 Å². The average Bonchev–Trinajstić information content (AvgIpc) is 3.66. The molecule has 0 saturated heterocycles. The van der Waals surface area contributed by atoms with Gasteiger partial charge in [0, 0.05) is 33.5 Å². The number of hydrogen-bond acceptors (Lipinski definition) is 1. The highest BCUT2D eigenvalue weighted by Gasteiger charge is 2.16. The Balaban J connectivity index is 0.930. The monoisotopic (exact) mass is 764 g/mol. The lowest BCUT2D eigenvalue weighted by molar-refractivity contribution is 1.18. The van der Waals surface area contributed by atoms with E-state index in [4.69, 9.17) is 0 Å².